The van der Waals surface area contributed by atoms with Gasteiger partial charge in [0.25, 0.3) is 0 Å². The van der Waals surface area contributed by atoms with Crippen LogP contribution in [0.5, 0.6) is 5.75 Å². The standard InChI is InChI=1S/C11H12N2OS/c1-13-7-6-12-11(13)15-8-9-4-2-3-5-10(9)14/h2-7,14H,8H2,1H3. The van der Waals surface area contributed by atoms with Gasteiger partial charge in [0.1, 0.15) is 5.75 Å². The van der Waals surface area contributed by atoms with E-state index in [-0.39, 0.29) is 0 Å². The third kappa shape index (κ3) is 2.33. The zero-order chi connectivity index (χ0) is 10.7. The summed E-state index contributed by atoms with van der Waals surface area (Å²) in [5.74, 6) is 1.08. The van der Waals surface area contributed by atoms with Gasteiger partial charge in [0, 0.05) is 30.8 Å². The van der Waals surface area contributed by atoms with Crippen molar-refractivity contribution in [2.75, 3.05) is 0 Å². The smallest absolute Gasteiger partial charge is 0.167 e. The Balaban J connectivity index is 2.06. The third-order valence-electron chi connectivity index (χ3n) is 2.13. The Morgan fingerprint density at radius 2 is 2.20 bits per heavy atom. The van der Waals surface area contributed by atoms with E-state index >= 15 is 0 Å². The van der Waals surface area contributed by atoms with Gasteiger partial charge in [0.15, 0.2) is 5.16 Å². The highest BCUT2D eigenvalue weighted by atomic mass is 32.2. The zero-order valence-corrected chi connectivity index (χ0v) is 9.24. The van der Waals surface area contributed by atoms with Crippen LogP contribution in [0.1, 0.15) is 5.56 Å². The number of aryl methyl sites for hydroxylation is 1. The van der Waals surface area contributed by atoms with Crippen LogP contribution in [0.2, 0.25) is 0 Å². The Hall–Kier alpha value is -1.42. The van der Waals surface area contributed by atoms with Gasteiger partial charge in [-0.05, 0) is 6.07 Å². The van der Waals surface area contributed by atoms with Crippen LogP contribution >= 0.6 is 11.8 Å². The molecule has 0 aliphatic heterocycles. The molecule has 1 aromatic carbocycles. The number of aromatic hydroxyl groups is 1. The van der Waals surface area contributed by atoms with Gasteiger partial charge in [-0.25, -0.2) is 4.98 Å². The molecule has 2 rings (SSSR count). The first-order valence-electron chi connectivity index (χ1n) is 4.64. The summed E-state index contributed by atoms with van der Waals surface area (Å²) in [6.07, 6.45) is 3.68. The van der Waals surface area contributed by atoms with Gasteiger partial charge in [0.05, 0.1) is 0 Å². The molecule has 0 atom stereocenters. The van der Waals surface area contributed by atoms with Crippen LogP contribution in [0.3, 0.4) is 0 Å². The summed E-state index contributed by atoms with van der Waals surface area (Å²) >= 11 is 1.61. The van der Waals surface area contributed by atoms with Gasteiger partial charge >= 0.3 is 0 Å². The predicted molar refractivity (Wildman–Crippen MR) is 60.9 cm³/mol. The van der Waals surface area contributed by atoms with Crippen LogP contribution in [-0.4, -0.2) is 14.7 Å². The number of para-hydroxylation sites is 1. The Labute approximate surface area is 92.8 Å². The molecule has 0 aliphatic carbocycles. The molecule has 1 aromatic heterocycles. The van der Waals surface area contributed by atoms with Crippen molar-refractivity contribution in [2.45, 2.75) is 10.9 Å². The largest absolute Gasteiger partial charge is 0.508 e. The summed E-state index contributed by atoms with van der Waals surface area (Å²) in [5.41, 5.74) is 0.936. The minimum Gasteiger partial charge on any atom is -0.508 e. The molecule has 0 saturated carbocycles. The van der Waals surface area contributed by atoms with Gasteiger partial charge in [-0.1, -0.05) is 30.0 Å². The van der Waals surface area contributed by atoms with Crippen molar-refractivity contribution in [1.29, 1.82) is 0 Å². The van der Waals surface area contributed by atoms with E-state index < -0.39 is 0 Å². The maximum atomic E-state index is 9.57. The summed E-state index contributed by atoms with van der Waals surface area (Å²) in [6, 6.07) is 7.37. The van der Waals surface area contributed by atoms with Crippen LogP contribution in [0.25, 0.3) is 0 Å². The number of hydrogen-bond donors (Lipinski definition) is 1. The van der Waals surface area contributed by atoms with Crippen LogP contribution in [0, 0.1) is 0 Å². The lowest BCUT2D eigenvalue weighted by Crippen LogP contribution is -1.89. The van der Waals surface area contributed by atoms with Crippen molar-refractivity contribution in [3.05, 3.63) is 42.2 Å². The van der Waals surface area contributed by atoms with E-state index in [0.717, 1.165) is 16.5 Å². The molecule has 3 nitrogen and oxygen atoms in total. The van der Waals surface area contributed by atoms with Crippen molar-refractivity contribution in [2.24, 2.45) is 7.05 Å². The Kier molecular flexibility index (Phi) is 2.97. The summed E-state index contributed by atoms with van der Waals surface area (Å²) in [6.45, 7) is 0. The third-order valence-corrected chi connectivity index (χ3v) is 3.23. The Bertz CT molecular complexity index is 453. The summed E-state index contributed by atoms with van der Waals surface area (Å²) in [7, 11) is 1.96. The topological polar surface area (TPSA) is 38.0 Å². The second kappa shape index (κ2) is 4.40. The lowest BCUT2D eigenvalue weighted by Gasteiger charge is -2.03. The SMILES string of the molecule is Cn1ccnc1SCc1ccccc1O. The van der Waals surface area contributed by atoms with Crippen molar-refractivity contribution in [3.63, 3.8) is 0 Å². The number of imidazole rings is 1. The second-order valence-corrected chi connectivity index (χ2v) is 4.18. The van der Waals surface area contributed by atoms with Crippen molar-refractivity contribution in [1.82, 2.24) is 9.55 Å². The Morgan fingerprint density at radius 3 is 2.87 bits per heavy atom. The summed E-state index contributed by atoms with van der Waals surface area (Å²) in [4.78, 5) is 4.20. The molecule has 0 spiro atoms. The Morgan fingerprint density at radius 1 is 1.40 bits per heavy atom. The molecular weight excluding hydrogens is 208 g/mol. The van der Waals surface area contributed by atoms with Crippen LogP contribution < -0.4 is 0 Å². The zero-order valence-electron chi connectivity index (χ0n) is 8.42. The molecule has 4 heteroatoms. The number of rotatable bonds is 3. The number of phenolic OH excluding ortho intramolecular Hbond substituents is 1. The fraction of sp³-hybridized carbons (Fsp3) is 0.182. The number of nitrogens with zero attached hydrogens (tertiary/aromatic N) is 2. The highest BCUT2D eigenvalue weighted by Crippen LogP contribution is 2.25. The van der Waals surface area contributed by atoms with E-state index in [2.05, 4.69) is 4.98 Å². The monoisotopic (exact) mass is 220 g/mol. The van der Waals surface area contributed by atoms with Gasteiger partial charge < -0.3 is 9.67 Å². The first-order valence-corrected chi connectivity index (χ1v) is 5.63. The highest BCUT2D eigenvalue weighted by molar-refractivity contribution is 7.98. The van der Waals surface area contributed by atoms with Gasteiger partial charge in [-0.3, -0.25) is 0 Å². The number of phenols is 1. The van der Waals surface area contributed by atoms with E-state index in [9.17, 15) is 5.11 Å². The predicted octanol–water partition coefficient (Wildman–Crippen LogP) is 2.42. The molecule has 0 fully saturated rings. The first-order chi connectivity index (χ1) is 7.27. The molecular formula is C11H12N2OS. The fourth-order valence-corrected chi connectivity index (χ4v) is 2.19. The van der Waals surface area contributed by atoms with Gasteiger partial charge in [-0.15, -0.1) is 0 Å². The molecule has 0 radical (unpaired) electrons. The molecule has 0 amide bonds. The quantitative estimate of drug-likeness (QED) is 0.807. The maximum absolute atomic E-state index is 9.57. The lowest BCUT2D eigenvalue weighted by atomic mass is 10.2. The van der Waals surface area contributed by atoms with Crippen molar-refractivity contribution in [3.8, 4) is 5.75 Å². The number of thioether (sulfide) groups is 1. The van der Waals surface area contributed by atoms with Crippen LogP contribution in [0.15, 0.2) is 41.8 Å². The number of aromatic nitrogens is 2. The van der Waals surface area contributed by atoms with E-state index in [1.807, 2.05) is 36.0 Å². The molecule has 1 N–H and O–H groups in total. The normalized spacial score (nSPS) is 10.5. The number of hydrogen-bond acceptors (Lipinski definition) is 3. The van der Waals surface area contributed by atoms with Crippen LogP contribution in [0.4, 0.5) is 0 Å². The molecule has 0 saturated heterocycles. The molecule has 0 unspecified atom stereocenters. The average molecular weight is 220 g/mol. The molecule has 0 bridgehead atoms. The lowest BCUT2D eigenvalue weighted by molar-refractivity contribution is 0.470. The van der Waals surface area contributed by atoms with E-state index in [1.165, 1.54) is 0 Å². The first kappa shape index (κ1) is 10.1. The minimum absolute atomic E-state index is 0.346. The molecule has 2 aromatic rings. The van der Waals surface area contributed by atoms with E-state index in [4.69, 9.17) is 0 Å². The fourth-order valence-electron chi connectivity index (χ4n) is 1.27. The molecule has 15 heavy (non-hydrogen) atoms. The van der Waals surface area contributed by atoms with Crippen molar-refractivity contribution >= 4 is 11.8 Å². The minimum atomic E-state index is 0.346. The summed E-state index contributed by atoms with van der Waals surface area (Å²) < 4.78 is 1.96. The average Bonchev–Trinajstić information content (AvgIpc) is 2.63. The maximum Gasteiger partial charge on any atom is 0.167 e. The van der Waals surface area contributed by atoms with E-state index in [0.29, 0.717) is 5.75 Å². The summed E-state index contributed by atoms with van der Waals surface area (Å²) in [5, 5.41) is 10.5. The van der Waals surface area contributed by atoms with Gasteiger partial charge in [-0.2, -0.15) is 0 Å². The number of benzene rings is 1. The molecule has 78 valence electrons. The second-order valence-electron chi connectivity index (χ2n) is 3.24. The van der Waals surface area contributed by atoms with Crippen LogP contribution in [-0.2, 0) is 12.8 Å². The highest BCUT2D eigenvalue weighted by Gasteiger charge is 2.03. The molecule has 0 aliphatic rings. The molecule has 1 heterocycles. The van der Waals surface area contributed by atoms with Crippen molar-refractivity contribution < 1.29 is 5.11 Å². The van der Waals surface area contributed by atoms with E-state index in [1.54, 1.807) is 24.0 Å². The van der Waals surface area contributed by atoms with Gasteiger partial charge in [0.2, 0.25) is 0 Å².